The first kappa shape index (κ1) is 13.7. The number of rotatable bonds is 3. The summed E-state index contributed by atoms with van der Waals surface area (Å²) in [5, 5.41) is 0. The van der Waals surface area contributed by atoms with Crippen molar-refractivity contribution in [3.8, 4) is 0 Å². The molecular formula is C12H18N2O2S2. The molecule has 0 aliphatic carbocycles. The lowest BCUT2D eigenvalue weighted by Gasteiger charge is -2.24. The fourth-order valence-electron chi connectivity index (χ4n) is 1.99. The molecule has 0 aromatic carbocycles. The summed E-state index contributed by atoms with van der Waals surface area (Å²) in [4.78, 5) is 2.15. The minimum Gasteiger partial charge on any atom is -0.326 e. The molecule has 1 aliphatic rings. The monoisotopic (exact) mass is 286 g/mol. The summed E-state index contributed by atoms with van der Waals surface area (Å²) in [6, 6.07) is 1.71. The molecule has 100 valence electrons. The lowest BCUT2D eigenvalue weighted by Crippen LogP contribution is -2.34. The van der Waals surface area contributed by atoms with E-state index in [1.165, 1.54) is 21.2 Å². The highest BCUT2D eigenvalue weighted by Crippen LogP contribution is 2.29. The Morgan fingerprint density at radius 1 is 1.44 bits per heavy atom. The second kappa shape index (κ2) is 5.13. The largest absolute Gasteiger partial charge is 0.326 e. The Morgan fingerprint density at radius 3 is 2.67 bits per heavy atom. The van der Waals surface area contributed by atoms with Crippen LogP contribution in [0.1, 0.15) is 23.1 Å². The molecule has 2 N–H and O–H groups in total. The summed E-state index contributed by atoms with van der Waals surface area (Å²) in [6.45, 7) is 5.30. The van der Waals surface area contributed by atoms with Gasteiger partial charge in [-0.05, 0) is 26.3 Å². The summed E-state index contributed by atoms with van der Waals surface area (Å²) >= 11 is 1.46. The maximum absolute atomic E-state index is 12.5. The van der Waals surface area contributed by atoms with Gasteiger partial charge in [-0.25, -0.2) is 8.42 Å². The molecule has 1 aliphatic heterocycles. The van der Waals surface area contributed by atoms with E-state index in [-0.39, 0.29) is 0 Å². The van der Waals surface area contributed by atoms with Crippen LogP contribution in [0.3, 0.4) is 0 Å². The third-order valence-electron chi connectivity index (χ3n) is 3.14. The maximum Gasteiger partial charge on any atom is 0.244 e. The van der Waals surface area contributed by atoms with E-state index in [1.807, 2.05) is 19.9 Å². The van der Waals surface area contributed by atoms with E-state index in [1.54, 1.807) is 6.07 Å². The third-order valence-corrected chi connectivity index (χ3v) is 6.33. The second-order valence-corrected chi connectivity index (χ2v) is 7.75. The molecular weight excluding hydrogens is 268 g/mol. The van der Waals surface area contributed by atoms with E-state index in [4.69, 9.17) is 5.73 Å². The SMILES string of the molecule is CC1=CCN(S(=O)(=O)c2cc(CN)sc2C)CC1. The zero-order valence-electron chi connectivity index (χ0n) is 10.6. The smallest absolute Gasteiger partial charge is 0.244 e. The molecule has 0 bridgehead atoms. The predicted octanol–water partition coefficient (Wildman–Crippen LogP) is 1.86. The van der Waals surface area contributed by atoms with Crippen molar-refractivity contribution in [2.45, 2.75) is 31.7 Å². The molecule has 18 heavy (non-hydrogen) atoms. The van der Waals surface area contributed by atoms with Gasteiger partial charge in [-0.1, -0.05) is 11.6 Å². The zero-order chi connectivity index (χ0) is 13.3. The first-order chi connectivity index (χ1) is 8.45. The number of nitrogens with two attached hydrogens (primary N) is 1. The van der Waals surface area contributed by atoms with Gasteiger partial charge >= 0.3 is 0 Å². The Labute approximate surface area is 112 Å². The maximum atomic E-state index is 12.5. The lowest BCUT2D eigenvalue weighted by molar-refractivity contribution is 0.431. The fourth-order valence-corrected chi connectivity index (χ4v) is 4.85. The number of sulfonamides is 1. The number of thiophene rings is 1. The molecule has 0 radical (unpaired) electrons. The van der Waals surface area contributed by atoms with Crippen LogP contribution in [0.25, 0.3) is 0 Å². The van der Waals surface area contributed by atoms with E-state index in [2.05, 4.69) is 0 Å². The molecule has 6 heteroatoms. The fraction of sp³-hybridized carbons (Fsp3) is 0.500. The van der Waals surface area contributed by atoms with Crippen LogP contribution in [-0.2, 0) is 16.6 Å². The van der Waals surface area contributed by atoms with Gasteiger partial charge in [0.05, 0.1) is 4.90 Å². The second-order valence-electron chi connectivity index (χ2n) is 4.50. The van der Waals surface area contributed by atoms with E-state index >= 15 is 0 Å². The molecule has 0 atom stereocenters. The summed E-state index contributed by atoms with van der Waals surface area (Å²) in [6.07, 6.45) is 2.79. The van der Waals surface area contributed by atoms with Crippen LogP contribution in [0.15, 0.2) is 22.6 Å². The molecule has 0 fully saturated rings. The molecule has 0 amide bonds. The van der Waals surface area contributed by atoms with Crippen molar-refractivity contribution < 1.29 is 8.42 Å². The van der Waals surface area contributed by atoms with E-state index in [0.717, 1.165) is 16.2 Å². The van der Waals surface area contributed by atoms with Gasteiger partial charge in [-0.15, -0.1) is 11.3 Å². The van der Waals surface area contributed by atoms with Gasteiger partial charge < -0.3 is 5.73 Å². The first-order valence-corrected chi connectivity index (χ1v) is 8.16. The minimum absolute atomic E-state index is 0.389. The van der Waals surface area contributed by atoms with Crippen molar-refractivity contribution in [3.05, 3.63) is 27.5 Å². The Balaban J connectivity index is 2.33. The molecule has 2 rings (SSSR count). The van der Waals surface area contributed by atoms with E-state index in [9.17, 15) is 8.42 Å². The zero-order valence-corrected chi connectivity index (χ0v) is 12.3. The molecule has 4 nitrogen and oxygen atoms in total. The van der Waals surface area contributed by atoms with Gasteiger partial charge in [0, 0.05) is 29.4 Å². The van der Waals surface area contributed by atoms with Crippen LogP contribution < -0.4 is 5.73 Å². The number of aryl methyl sites for hydroxylation is 1. The molecule has 0 unspecified atom stereocenters. The molecule has 1 aromatic rings. The number of nitrogens with zero attached hydrogens (tertiary/aromatic N) is 1. The van der Waals surface area contributed by atoms with Gasteiger partial charge in [0.15, 0.2) is 0 Å². The average molecular weight is 286 g/mol. The van der Waals surface area contributed by atoms with Crippen molar-refractivity contribution in [2.75, 3.05) is 13.1 Å². The highest BCUT2D eigenvalue weighted by molar-refractivity contribution is 7.89. The standard InChI is InChI=1S/C12H18N2O2S2/c1-9-3-5-14(6-4-9)18(15,16)12-7-11(8-13)17-10(12)2/h3,7H,4-6,8,13H2,1-2H3. The summed E-state index contributed by atoms with van der Waals surface area (Å²) in [7, 11) is -3.36. The minimum atomic E-state index is -3.36. The number of hydrogen-bond acceptors (Lipinski definition) is 4. The van der Waals surface area contributed by atoms with Gasteiger partial charge in [0.1, 0.15) is 0 Å². The van der Waals surface area contributed by atoms with Crippen LogP contribution in [0, 0.1) is 6.92 Å². The third kappa shape index (κ3) is 2.51. The molecule has 0 spiro atoms. The van der Waals surface area contributed by atoms with E-state index < -0.39 is 10.0 Å². The summed E-state index contributed by atoms with van der Waals surface area (Å²) in [5.41, 5.74) is 6.82. The highest BCUT2D eigenvalue weighted by atomic mass is 32.2. The quantitative estimate of drug-likeness (QED) is 0.863. The Hall–Kier alpha value is -0.690. The van der Waals surface area contributed by atoms with Crippen molar-refractivity contribution in [2.24, 2.45) is 5.73 Å². The Morgan fingerprint density at radius 2 is 2.17 bits per heavy atom. The van der Waals surface area contributed by atoms with Crippen molar-refractivity contribution in [1.29, 1.82) is 0 Å². The van der Waals surface area contributed by atoms with Gasteiger partial charge in [0.25, 0.3) is 0 Å². The highest BCUT2D eigenvalue weighted by Gasteiger charge is 2.28. The average Bonchev–Trinajstić information content (AvgIpc) is 2.72. The van der Waals surface area contributed by atoms with Gasteiger partial charge in [-0.2, -0.15) is 4.31 Å². The first-order valence-electron chi connectivity index (χ1n) is 5.90. The Bertz CT molecular complexity index is 573. The van der Waals surface area contributed by atoms with Crippen LogP contribution in [0.2, 0.25) is 0 Å². The van der Waals surface area contributed by atoms with Crippen LogP contribution in [0.4, 0.5) is 0 Å². The van der Waals surface area contributed by atoms with E-state index in [0.29, 0.717) is 24.5 Å². The summed E-state index contributed by atoms with van der Waals surface area (Å²) in [5.74, 6) is 0. The molecule has 0 saturated carbocycles. The molecule has 2 heterocycles. The van der Waals surface area contributed by atoms with Crippen LogP contribution in [-0.4, -0.2) is 25.8 Å². The normalized spacial score (nSPS) is 17.8. The van der Waals surface area contributed by atoms with Crippen LogP contribution >= 0.6 is 11.3 Å². The molecule has 0 saturated heterocycles. The van der Waals surface area contributed by atoms with Crippen LogP contribution in [0.5, 0.6) is 0 Å². The predicted molar refractivity (Wildman–Crippen MR) is 74.1 cm³/mol. The van der Waals surface area contributed by atoms with Crippen molar-refractivity contribution in [1.82, 2.24) is 4.31 Å². The lowest BCUT2D eigenvalue weighted by atomic mass is 10.1. The Kier molecular flexibility index (Phi) is 3.91. The number of hydrogen-bond donors (Lipinski definition) is 1. The molecule has 1 aromatic heterocycles. The van der Waals surface area contributed by atoms with Crippen molar-refractivity contribution in [3.63, 3.8) is 0 Å². The van der Waals surface area contributed by atoms with Gasteiger partial charge in [-0.3, -0.25) is 0 Å². The summed E-state index contributed by atoms with van der Waals surface area (Å²) < 4.78 is 26.6. The van der Waals surface area contributed by atoms with Gasteiger partial charge in [0.2, 0.25) is 10.0 Å². The van der Waals surface area contributed by atoms with Crippen molar-refractivity contribution >= 4 is 21.4 Å². The topological polar surface area (TPSA) is 63.4 Å².